The maximum absolute atomic E-state index is 12.4. The van der Waals surface area contributed by atoms with Crippen molar-refractivity contribution in [1.29, 1.82) is 5.26 Å². The number of rotatable bonds is 8. The van der Waals surface area contributed by atoms with E-state index in [9.17, 15) is 19.6 Å². The van der Waals surface area contributed by atoms with Gasteiger partial charge in [0.15, 0.2) is 18.0 Å². The van der Waals surface area contributed by atoms with Gasteiger partial charge >= 0.3 is 18.3 Å². The number of carbonyl (C=O) groups is 3. The standard InChI is InChI=1S/C22H27N5O9/c1-5-31-20(29)34-16-15(13-7-8-14-18(24)25-11-26-27(13)14)36-22(9-23,10-33-19(28)12(3)4)17(16)35-21(30)32-6-2/h7-8,11-12,15-17H,5-6,10H2,1-4H3,(H2,24,25,26)/t15-,16-,17-,22+/m0/s1. The molecular formula is C22H27N5O9. The number of nitrogens with zero attached hydrogens (tertiary/aromatic N) is 4. The van der Waals surface area contributed by atoms with Crippen LogP contribution in [0, 0.1) is 17.2 Å². The summed E-state index contributed by atoms with van der Waals surface area (Å²) in [5.41, 5.74) is 4.54. The summed E-state index contributed by atoms with van der Waals surface area (Å²) in [5, 5.41) is 14.3. The Hall–Kier alpha value is -4.12. The molecule has 0 unspecified atom stereocenters. The summed E-state index contributed by atoms with van der Waals surface area (Å²) in [7, 11) is 0. The van der Waals surface area contributed by atoms with Gasteiger partial charge in [0.2, 0.25) is 5.60 Å². The lowest BCUT2D eigenvalue weighted by atomic mass is 9.95. The Morgan fingerprint density at radius 1 is 1.17 bits per heavy atom. The molecule has 1 saturated heterocycles. The molecule has 2 aromatic heterocycles. The van der Waals surface area contributed by atoms with Crippen molar-refractivity contribution in [3.05, 3.63) is 24.2 Å². The molecule has 0 radical (unpaired) electrons. The van der Waals surface area contributed by atoms with Crippen LogP contribution in [0.2, 0.25) is 0 Å². The van der Waals surface area contributed by atoms with Gasteiger partial charge in [-0.3, -0.25) is 4.79 Å². The number of hydrogen-bond acceptors (Lipinski definition) is 13. The van der Waals surface area contributed by atoms with Crippen LogP contribution >= 0.6 is 0 Å². The van der Waals surface area contributed by atoms with E-state index in [1.54, 1.807) is 39.8 Å². The summed E-state index contributed by atoms with van der Waals surface area (Å²) in [4.78, 5) is 40.8. The van der Waals surface area contributed by atoms with Crippen molar-refractivity contribution < 1.29 is 42.8 Å². The average Bonchev–Trinajstić information content (AvgIpc) is 3.39. The van der Waals surface area contributed by atoms with Crippen LogP contribution in [0.1, 0.15) is 39.5 Å². The minimum absolute atomic E-state index is 0.00626. The normalized spacial score (nSPS) is 23.2. The van der Waals surface area contributed by atoms with Crippen LogP contribution in [-0.4, -0.2) is 70.5 Å². The quantitative estimate of drug-likeness (QED) is 0.405. The summed E-state index contributed by atoms with van der Waals surface area (Å²) in [6.07, 6.45) is -5.29. The fourth-order valence-corrected chi connectivity index (χ4v) is 3.59. The van der Waals surface area contributed by atoms with Crippen LogP contribution in [0.15, 0.2) is 18.5 Å². The summed E-state index contributed by atoms with van der Waals surface area (Å²) in [6, 6.07) is 5.09. The van der Waals surface area contributed by atoms with Crippen molar-refractivity contribution in [1.82, 2.24) is 14.6 Å². The van der Waals surface area contributed by atoms with Crippen molar-refractivity contribution in [3.63, 3.8) is 0 Å². The van der Waals surface area contributed by atoms with Crippen molar-refractivity contribution in [2.75, 3.05) is 25.6 Å². The number of nitrogen functional groups attached to an aromatic ring is 1. The molecule has 1 aliphatic rings. The van der Waals surface area contributed by atoms with Crippen LogP contribution in [0.3, 0.4) is 0 Å². The third-order valence-corrected chi connectivity index (χ3v) is 5.27. The van der Waals surface area contributed by atoms with Crippen LogP contribution in [-0.2, 0) is 33.2 Å². The molecule has 14 heteroatoms. The molecule has 1 fully saturated rings. The molecule has 14 nitrogen and oxygen atoms in total. The number of anilines is 1. The molecule has 4 atom stereocenters. The zero-order valence-corrected chi connectivity index (χ0v) is 20.2. The first-order valence-corrected chi connectivity index (χ1v) is 11.2. The second-order valence-corrected chi connectivity index (χ2v) is 7.99. The monoisotopic (exact) mass is 505 g/mol. The van der Waals surface area contributed by atoms with Crippen LogP contribution < -0.4 is 5.73 Å². The van der Waals surface area contributed by atoms with E-state index in [0.717, 1.165) is 0 Å². The molecule has 2 aromatic rings. The lowest BCUT2D eigenvalue weighted by molar-refractivity contribution is -0.158. The van der Waals surface area contributed by atoms with Crippen LogP contribution in [0.4, 0.5) is 15.4 Å². The first-order chi connectivity index (χ1) is 17.2. The van der Waals surface area contributed by atoms with Gasteiger partial charge in [-0.25, -0.2) is 19.1 Å². The van der Waals surface area contributed by atoms with E-state index < -0.39 is 54.7 Å². The van der Waals surface area contributed by atoms with E-state index >= 15 is 0 Å². The van der Waals surface area contributed by atoms with Crippen molar-refractivity contribution in [2.24, 2.45) is 5.92 Å². The Morgan fingerprint density at radius 3 is 2.44 bits per heavy atom. The third kappa shape index (κ3) is 5.25. The fraction of sp³-hybridized carbons (Fsp3) is 0.545. The molecule has 0 saturated carbocycles. The van der Waals surface area contributed by atoms with Gasteiger partial charge in [-0.1, -0.05) is 13.8 Å². The molecule has 3 heterocycles. The summed E-state index contributed by atoms with van der Waals surface area (Å²) in [6.45, 7) is 5.67. The number of ether oxygens (including phenoxy) is 6. The number of hydrogen-bond donors (Lipinski definition) is 1. The predicted molar refractivity (Wildman–Crippen MR) is 119 cm³/mol. The zero-order valence-electron chi connectivity index (χ0n) is 20.2. The molecule has 3 rings (SSSR count). The maximum Gasteiger partial charge on any atom is 0.508 e. The Kier molecular flexibility index (Phi) is 8.15. The molecule has 0 bridgehead atoms. The molecule has 0 spiro atoms. The molecule has 36 heavy (non-hydrogen) atoms. The van der Waals surface area contributed by atoms with Crippen molar-refractivity contribution in [3.8, 4) is 6.07 Å². The second-order valence-electron chi connectivity index (χ2n) is 7.99. The number of aromatic nitrogens is 3. The second kappa shape index (κ2) is 11.1. The number of carbonyl (C=O) groups excluding carboxylic acids is 3. The molecule has 0 amide bonds. The van der Waals surface area contributed by atoms with Gasteiger partial charge in [-0.15, -0.1) is 0 Å². The van der Waals surface area contributed by atoms with E-state index in [4.69, 9.17) is 34.2 Å². The van der Waals surface area contributed by atoms with Crippen LogP contribution in [0.5, 0.6) is 0 Å². The summed E-state index contributed by atoms with van der Waals surface area (Å²) in [5.74, 6) is -0.972. The third-order valence-electron chi connectivity index (χ3n) is 5.27. The van der Waals surface area contributed by atoms with Crippen molar-refractivity contribution in [2.45, 2.75) is 51.6 Å². The highest BCUT2D eigenvalue weighted by Crippen LogP contribution is 2.44. The van der Waals surface area contributed by atoms with Crippen LogP contribution in [0.25, 0.3) is 5.52 Å². The molecule has 194 valence electrons. The lowest BCUT2D eigenvalue weighted by Gasteiger charge is -2.28. The SMILES string of the molecule is CCOC(=O)O[C@H]1[C@H](c2ccc3c(N)ncnn23)O[C@](C#N)(COC(=O)C(C)C)[C@H]1OC(=O)OCC. The first-order valence-electron chi connectivity index (χ1n) is 11.2. The van der Waals surface area contributed by atoms with E-state index in [2.05, 4.69) is 10.1 Å². The zero-order chi connectivity index (χ0) is 26.5. The minimum atomic E-state index is -2.08. The minimum Gasteiger partial charge on any atom is -0.461 e. The van der Waals surface area contributed by atoms with E-state index in [1.807, 2.05) is 6.07 Å². The van der Waals surface area contributed by atoms with Crippen molar-refractivity contribution >= 4 is 29.6 Å². The maximum atomic E-state index is 12.4. The largest absolute Gasteiger partial charge is 0.508 e. The van der Waals surface area contributed by atoms with E-state index in [1.165, 1.54) is 10.8 Å². The smallest absolute Gasteiger partial charge is 0.461 e. The fourth-order valence-electron chi connectivity index (χ4n) is 3.59. The summed E-state index contributed by atoms with van der Waals surface area (Å²) < 4.78 is 33.4. The Labute approximate surface area is 206 Å². The van der Waals surface area contributed by atoms with Gasteiger partial charge in [0.1, 0.15) is 30.6 Å². The summed E-state index contributed by atoms with van der Waals surface area (Å²) >= 11 is 0. The van der Waals surface area contributed by atoms with Gasteiger partial charge in [-0.05, 0) is 26.0 Å². The topological polar surface area (TPSA) is 187 Å². The molecule has 0 aliphatic carbocycles. The molecular weight excluding hydrogens is 478 g/mol. The highest BCUT2D eigenvalue weighted by atomic mass is 16.8. The highest BCUT2D eigenvalue weighted by molar-refractivity contribution is 5.71. The highest BCUT2D eigenvalue weighted by Gasteiger charge is 2.62. The average molecular weight is 505 g/mol. The Bertz CT molecular complexity index is 1160. The number of nitriles is 1. The van der Waals surface area contributed by atoms with Gasteiger partial charge in [0.25, 0.3) is 0 Å². The molecule has 1 aliphatic heterocycles. The number of esters is 1. The van der Waals surface area contributed by atoms with Gasteiger partial charge in [-0.2, -0.15) is 10.4 Å². The Balaban J connectivity index is 2.11. The molecule has 2 N–H and O–H groups in total. The van der Waals surface area contributed by atoms with E-state index in [-0.39, 0.29) is 24.7 Å². The van der Waals surface area contributed by atoms with Gasteiger partial charge in [0, 0.05) is 0 Å². The Morgan fingerprint density at radius 2 is 1.83 bits per heavy atom. The predicted octanol–water partition coefficient (Wildman–Crippen LogP) is 1.93. The van der Waals surface area contributed by atoms with Gasteiger partial charge < -0.3 is 34.2 Å². The van der Waals surface area contributed by atoms with E-state index in [0.29, 0.717) is 5.52 Å². The lowest BCUT2D eigenvalue weighted by Crippen LogP contribution is -2.50. The van der Waals surface area contributed by atoms with Gasteiger partial charge in [0.05, 0.1) is 24.8 Å². The number of fused-ring (bicyclic) bond motifs is 1. The molecule has 0 aromatic carbocycles. The number of nitrogens with two attached hydrogens (primary N) is 1. The first kappa shape index (κ1) is 26.5.